The number of nitrogens with zero attached hydrogens (tertiary/aromatic N) is 1. The highest BCUT2D eigenvalue weighted by Gasteiger charge is 2.27. The number of carbonyl (C=O) groups is 1. The molecule has 1 aromatic carbocycles. The first-order chi connectivity index (χ1) is 14.9. The van der Waals surface area contributed by atoms with Crippen molar-refractivity contribution in [1.29, 1.82) is 0 Å². The Morgan fingerprint density at radius 3 is 2.61 bits per heavy atom. The molecule has 0 spiro atoms. The van der Waals surface area contributed by atoms with Crippen molar-refractivity contribution in [3.05, 3.63) is 69.5 Å². The van der Waals surface area contributed by atoms with Crippen LogP contribution in [-0.4, -0.2) is 30.4 Å². The van der Waals surface area contributed by atoms with Crippen molar-refractivity contribution >= 4 is 16.9 Å². The molecule has 3 heterocycles. The van der Waals surface area contributed by atoms with Gasteiger partial charge in [0.15, 0.2) is 11.2 Å². The quantitative estimate of drug-likeness (QED) is 0.635. The predicted molar refractivity (Wildman–Crippen MR) is 120 cm³/mol. The molecule has 0 unspecified atom stereocenters. The monoisotopic (exact) mass is 422 g/mol. The summed E-state index contributed by atoms with van der Waals surface area (Å²) in [5, 5.41) is 3.46. The highest BCUT2D eigenvalue weighted by Crippen LogP contribution is 2.27. The molecule has 1 aliphatic heterocycles. The van der Waals surface area contributed by atoms with E-state index in [4.69, 9.17) is 8.83 Å². The summed E-state index contributed by atoms with van der Waals surface area (Å²) in [4.78, 5) is 27.8. The third-order valence-corrected chi connectivity index (χ3v) is 6.23. The lowest BCUT2D eigenvalue weighted by molar-refractivity contribution is 0.0870. The largest absolute Gasteiger partial charge is 0.465 e. The van der Waals surface area contributed by atoms with Gasteiger partial charge < -0.3 is 14.2 Å². The molecule has 1 fully saturated rings. The highest BCUT2D eigenvalue weighted by atomic mass is 16.3. The van der Waals surface area contributed by atoms with Crippen LogP contribution in [0.5, 0.6) is 0 Å². The molecule has 0 saturated carbocycles. The number of amides is 1. The van der Waals surface area contributed by atoms with Crippen molar-refractivity contribution in [3.63, 3.8) is 0 Å². The van der Waals surface area contributed by atoms with Crippen LogP contribution < -0.4 is 10.7 Å². The molecule has 6 nitrogen and oxygen atoms in total. The minimum atomic E-state index is -0.391. The number of furan rings is 1. The van der Waals surface area contributed by atoms with Crippen LogP contribution in [0, 0.1) is 12.8 Å². The van der Waals surface area contributed by atoms with Crippen molar-refractivity contribution in [1.82, 2.24) is 10.2 Å². The zero-order valence-electron chi connectivity index (χ0n) is 18.4. The summed E-state index contributed by atoms with van der Waals surface area (Å²) in [5.74, 6) is 2.05. The summed E-state index contributed by atoms with van der Waals surface area (Å²) < 4.78 is 11.7. The van der Waals surface area contributed by atoms with Crippen LogP contribution >= 0.6 is 0 Å². The zero-order valence-corrected chi connectivity index (χ0v) is 18.4. The molecule has 1 amide bonds. The van der Waals surface area contributed by atoms with E-state index in [1.165, 1.54) is 6.07 Å². The van der Waals surface area contributed by atoms with Crippen LogP contribution in [0.25, 0.3) is 11.0 Å². The van der Waals surface area contributed by atoms with Crippen LogP contribution in [0.1, 0.15) is 60.4 Å². The number of piperidine rings is 1. The summed E-state index contributed by atoms with van der Waals surface area (Å²) in [6, 6.07) is 10.7. The molecule has 0 bridgehead atoms. The minimum absolute atomic E-state index is 0.0309. The maximum Gasteiger partial charge on any atom is 0.287 e. The van der Waals surface area contributed by atoms with E-state index in [0.717, 1.165) is 49.4 Å². The molecule has 1 saturated heterocycles. The van der Waals surface area contributed by atoms with Crippen molar-refractivity contribution in [2.75, 3.05) is 19.6 Å². The van der Waals surface area contributed by atoms with Gasteiger partial charge in [-0.25, -0.2) is 0 Å². The molecule has 1 atom stereocenters. The SMILES string of the molecule is CCc1ccc2oc(C(=O)NC[C@H](c3ccc(C)o3)N3CCC(C)CC3)cc(=O)c2c1. The van der Waals surface area contributed by atoms with Gasteiger partial charge in [-0.3, -0.25) is 14.5 Å². The summed E-state index contributed by atoms with van der Waals surface area (Å²) in [7, 11) is 0. The van der Waals surface area contributed by atoms with Crippen LogP contribution in [-0.2, 0) is 6.42 Å². The van der Waals surface area contributed by atoms with Crippen molar-refractivity contribution in [3.8, 4) is 0 Å². The summed E-state index contributed by atoms with van der Waals surface area (Å²) in [6.07, 6.45) is 3.09. The van der Waals surface area contributed by atoms with Gasteiger partial charge in [-0.15, -0.1) is 0 Å². The first kappa shape index (κ1) is 21.4. The van der Waals surface area contributed by atoms with Gasteiger partial charge >= 0.3 is 0 Å². The van der Waals surface area contributed by atoms with Gasteiger partial charge in [0.1, 0.15) is 17.1 Å². The Balaban J connectivity index is 1.53. The normalized spacial score (nSPS) is 16.5. The zero-order chi connectivity index (χ0) is 22.0. The van der Waals surface area contributed by atoms with Crippen molar-refractivity contribution < 1.29 is 13.6 Å². The Labute approximate surface area is 182 Å². The van der Waals surface area contributed by atoms with Gasteiger partial charge in [-0.2, -0.15) is 0 Å². The van der Waals surface area contributed by atoms with E-state index in [2.05, 4.69) is 17.1 Å². The van der Waals surface area contributed by atoms with Crippen LogP contribution in [0.15, 0.2) is 50.0 Å². The molecule has 31 heavy (non-hydrogen) atoms. The molecule has 4 rings (SSSR count). The second-order valence-electron chi connectivity index (χ2n) is 8.55. The first-order valence-corrected chi connectivity index (χ1v) is 11.1. The van der Waals surface area contributed by atoms with Crippen molar-refractivity contribution in [2.24, 2.45) is 5.92 Å². The Morgan fingerprint density at radius 1 is 1.16 bits per heavy atom. The topological polar surface area (TPSA) is 75.7 Å². The molecule has 0 radical (unpaired) electrons. The van der Waals surface area contributed by atoms with Crippen molar-refractivity contribution in [2.45, 2.75) is 46.1 Å². The lowest BCUT2D eigenvalue weighted by atomic mass is 9.97. The molecule has 1 N–H and O–H groups in total. The van der Waals surface area contributed by atoms with E-state index >= 15 is 0 Å². The Bertz CT molecular complexity index is 1120. The second-order valence-corrected chi connectivity index (χ2v) is 8.55. The van der Waals surface area contributed by atoms with Gasteiger partial charge in [0.05, 0.1) is 11.4 Å². The third kappa shape index (κ3) is 4.74. The fraction of sp³-hybridized carbons (Fsp3) is 0.440. The average molecular weight is 423 g/mol. The number of fused-ring (bicyclic) bond motifs is 1. The van der Waals surface area contributed by atoms with Gasteiger partial charge in [-0.1, -0.05) is 19.9 Å². The summed E-state index contributed by atoms with van der Waals surface area (Å²) in [6.45, 7) is 8.54. The lowest BCUT2D eigenvalue weighted by Crippen LogP contribution is -2.41. The molecule has 3 aromatic rings. The Hall–Kier alpha value is -2.86. The number of nitrogens with one attached hydrogen (secondary N) is 1. The van der Waals surface area contributed by atoms with E-state index in [9.17, 15) is 9.59 Å². The highest BCUT2D eigenvalue weighted by molar-refractivity contribution is 5.93. The molecule has 6 heteroatoms. The van der Waals surface area contributed by atoms with Crippen LogP contribution in [0.3, 0.4) is 0 Å². The molecule has 0 aliphatic carbocycles. The standard InChI is InChI=1S/C25H30N2O4/c1-4-18-6-8-22-19(13-18)21(28)14-24(31-22)25(29)26-15-20(23-7-5-17(3)30-23)27-11-9-16(2)10-12-27/h5-8,13-14,16,20H,4,9-12,15H2,1-3H3,(H,26,29)/t20-/m1/s1. The lowest BCUT2D eigenvalue weighted by Gasteiger charge is -2.35. The fourth-order valence-corrected chi connectivity index (χ4v) is 4.19. The molecular weight excluding hydrogens is 392 g/mol. The predicted octanol–water partition coefficient (Wildman–Crippen LogP) is 4.46. The van der Waals surface area contributed by atoms with Gasteiger partial charge in [-0.05, 0) is 75.0 Å². The number of likely N-dealkylation sites (tertiary alicyclic amines) is 1. The van der Waals surface area contributed by atoms with E-state index in [1.807, 2.05) is 38.1 Å². The molecule has 2 aromatic heterocycles. The van der Waals surface area contributed by atoms with E-state index < -0.39 is 5.91 Å². The summed E-state index contributed by atoms with van der Waals surface area (Å²) >= 11 is 0. The first-order valence-electron chi connectivity index (χ1n) is 11.1. The molecular formula is C25H30N2O4. The van der Waals surface area contributed by atoms with E-state index in [-0.39, 0.29) is 17.2 Å². The second kappa shape index (κ2) is 9.10. The number of rotatable bonds is 6. The average Bonchev–Trinajstić information content (AvgIpc) is 3.20. The smallest absolute Gasteiger partial charge is 0.287 e. The van der Waals surface area contributed by atoms with E-state index in [0.29, 0.717) is 23.4 Å². The number of carbonyl (C=O) groups excluding carboxylic acids is 1. The van der Waals surface area contributed by atoms with Gasteiger partial charge in [0.25, 0.3) is 5.91 Å². The molecule has 1 aliphatic rings. The Kier molecular flexibility index (Phi) is 6.28. The fourth-order valence-electron chi connectivity index (χ4n) is 4.19. The summed E-state index contributed by atoms with van der Waals surface area (Å²) in [5.41, 5.74) is 1.28. The maximum atomic E-state index is 12.8. The van der Waals surface area contributed by atoms with E-state index in [1.54, 1.807) is 6.07 Å². The molecule has 164 valence electrons. The number of benzene rings is 1. The van der Waals surface area contributed by atoms with Gasteiger partial charge in [0.2, 0.25) is 0 Å². The van der Waals surface area contributed by atoms with Crippen LogP contribution in [0.2, 0.25) is 0 Å². The number of hydrogen-bond acceptors (Lipinski definition) is 5. The minimum Gasteiger partial charge on any atom is -0.465 e. The van der Waals surface area contributed by atoms with Gasteiger partial charge in [0, 0.05) is 12.6 Å². The maximum absolute atomic E-state index is 12.8. The Morgan fingerprint density at radius 2 is 1.94 bits per heavy atom. The van der Waals surface area contributed by atoms with Crippen LogP contribution in [0.4, 0.5) is 0 Å². The third-order valence-electron chi connectivity index (χ3n) is 6.23. The number of aryl methyl sites for hydroxylation is 2. The number of hydrogen-bond donors (Lipinski definition) is 1.